The SMILES string of the molecule is CC(C)(C(=O)O)N(C(=O)OCc1ccccc1)C1CCCCC1. The van der Waals surface area contributed by atoms with Crippen LogP contribution in [-0.4, -0.2) is 33.6 Å². The molecule has 0 saturated heterocycles. The van der Waals surface area contributed by atoms with Crippen molar-refractivity contribution in [1.82, 2.24) is 4.90 Å². The normalized spacial score (nSPS) is 15.9. The second kappa shape index (κ2) is 7.49. The molecule has 1 aromatic rings. The van der Waals surface area contributed by atoms with Crippen molar-refractivity contribution >= 4 is 12.1 Å². The molecule has 0 unspecified atom stereocenters. The molecule has 1 N–H and O–H groups in total. The summed E-state index contributed by atoms with van der Waals surface area (Å²) in [5.41, 5.74) is -0.395. The van der Waals surface area contributed by atoms with Gasteiger partial charge in [-0.1, -0.05) is 49.6 Å². The number of amides is 1. The van der Waals surface area contributed by atoms with Gasteiger partial charge in [-0.05, 0) is 32.3 Å². The fourth-order valence-corrected chi connectivity index (χ4v) is 3.06. The van der Waals surface area contributed by atoms with Gasteiger partial charge in [0.05, 0.1) is 0 Å². The van der Waals surface area contributed by atoms with Crippen LogP contribution in [0.4, 0.5) is 4.79 Å². The number of hydrogen-bond donors (Lipinski definition) is 1. The van der Waals surface area contributed by atoms with Gasteiger partial charge in [0.2, 0.25) is 0 Å². The first kappa shape index (κ1) is 17.3. The summed E-state index contributed by atoms with van der Waals surface area (Å²) in [6.45, 7) is 3.28. The molecule has 1 saturated carbocycles. The van der Waals surface area contributed by atoms with Crippen molar-refractivity contribution in [2.24, 2.45) is 0 Å². The van der Waals surface area contributed by atoms with E-state index in [0.29, 0.717) is 0 Å². The number of carbonyl (C=O) groups is 2. The highest BCUT2D eigenvalue weighted by Gasteiger charge is 2.43. The first-order valence-corrected chi connectivity index (χ1v) is 8.16. The number of carboxylic acids is 1. The number of carboxylic acid groups (broad SMARTS) is 1. The molecule has 0 aromatic heterocycles. The fourth-order valence-electron chi connectivity index (χ4n) is 3.06. The summed E-state index contributed by atoms with van der Waals surface area (Å²) in [4.78, 5) is 25.7. The molecule has 0 aliphatic heterocycles. The average molecular weight is 319 g/mol. The lowest BCUT2D eigenvalue weighted by atomic mass is 9.90. The van der Waals surface area contributed by atoms with Crippen LogP contribution in [0.2, 0.25) is 0 Å². The Kier molecular flexibility index (Phi) is 5.64. The highest BCUT2D eigenvalue weighted by Crippen LogP contribution is 2.29. The molecule has 1 fully saturated rings. The molecule has 1 aliphatic rings. The van der Waals surface area contributed by atoms with Gasteiger partial charge in [-0.25, -0.2) is 9.59 Å². The van der Waals surface area contributed by atoms with Crippen LogP contribution in [0, 0.1) is 0 Å². The molecule has 5 nitrogen and oxygen atoms in total. The monoisotopic (exact) mass is 319 g/mol. The molecule has 2 rings (SSSR count). The Balaban J connectivity index is 2.12. The Morgan fingerprint density at radius 1 is 1.17 bits per heavy atom. The third kappa shape index (κ3) is 4.24. The molecule has 0 atom stereocenters. The number of benzene rings is 1. The van der Waals surface area contributed by atoms with E-state index in [9.17, 15) is 14.7 Å². The second-order valence-electron chi connectivity index (χ2n) is 6.57. The van der Waals surface area contributed by atoms with Gasteiger partial charge in [0.25, 0.3) is 0 Å². The third-order valence-electron chi connectivity index (χ3n) is 4.47. The lowest BCUT2D eigenvalue weighted by Gasteiger charge is -2.41. The molecule has 0 radical (unpaired) electrons. The summed E-state index contributed by atoms with van der Waals surface area (Å²) in [7, 11) is 0. The Labute approximate surface area is 137 Å². The smallest absolute Gasteiger partial charge is 0.411 e. The summed E-state index contributed by atoms with van der Waals surface area (Å²) in [5.74, 6) is -1.01. The van der Waals surface area contributed by atoms with Gasteiger partial charge in [-0.3, -0.25) is 4.90 Å². The van der Waals surface area contributed by atoms with Crippen LogP contribution in [0.3, 0.4) is 0 Å². The van der Waals surface area contributed by atoms with E-state index in [1.807, 2.05) is 30.3 Å². The molecule has 23 heavy (non-hydrogen) atoms. The van der Waals surface area contributed by atoms with E-state index >= 15 is 0 Å². The van der Waals surface area contributed by atoms with Crippen LogP contribution < -0.4 is 0 Å². The molecular weight excluding hydrogens is 294 g/mol. The van der Waals surface area contributed by atoms with Crippen molar-refractivity contribution in [1.29, 1.82) is 0 Å². The average Bonchev–Trinajstić information content (AvgIpc) is 2.55. The lowest BCUT2D eigenvalue weighted by molar-refractivity contribution is -0.150. The van der Waals surface area contributed by atoms with E-state index in [4.69, 9.17) is 4.74 Å². The Morgan fingerprint density at radius 3 is 2.35 bits per heavy atom. The Bertz CT molecular complexity index is 535. The molecular formula is C18H25NO4. The predicted octanol–water partition coefficient (Wildman–Crippen LogP) is 3.82. The molecule has 0 heterocycles. The maximum Gasteiger partial charge on any atom is 0.411 e. The maximum absolute atomic E-state index is 12.6. The molecule has 1 aromatic carbocycles. The van der Waals surface area contributed by atoms with E-state index in [1.54, 1.807) is 13.8 Å². The van der Waals surface area contributed by atoms with Crippen LogP contribution in [0.25, 0.3) is 0 Å². The summed E-state index contributed by atoms with van der Waals surface area (Å²) in [6, 6.07) is 9.33. The quantitative estimate of drug-likeness (QED) is 0.896. The fraction of sp³-hybridized carbons (Fsp3) is 0.556. The lowest BCUT2D eigenvalue weighted by Crippen LogP contribution is -2.58. The number of carbonyl (C=O) groups excluding carboxylic acids is 1. The van der Waals surface area contributed by atoms with Crippen LogP contribution in [0.5, 0.6) is 0 Å². The largest absolute Gasteiger partial charge is 0.480 e. The first-order valence-electron chi connectivity index (χ1n) is 8.16. The van der Waals surface area contributed by atoms with Crippen molar-refractivity contribution in [3.8, 4) is 0 Å². The zero-order chi connectivity index (χ0) is 16.9. The van der Waals surface area contributed by atoms with Crippen LogP contribution in [0.1, 0.15) is 51.5 Å². The zero-order valence-electron chi connectivity index (χ0n) is 13.8. The summed E-state index contributed by atoms with van der Waals surface area (Å²) in [5, 5.41) is 9.53. The molecule has 126 valence electrons. The van der Waals surface area contributed by atoms with Crippen molar-refractivity contribution in [2.75, 3.05) is 0 Å². The molecule has 5 heteroatoms. The Morgan fingerprint density at radius 2 is 1.78 bits per heavy atom. The molecule has 1 amide bonds. The van der Waals surface area contributed by atoms with Crippen molar-refractivity contribution < 1.29 is 19.4 Å². The van der Waals surface area contributed by atoms with Crippen molar-refractivity contribution in [3.05, 3.63) is 35.9 Å². The van der Waals surface area contributed by atoms with Gasteiger partial charge in [0, 0.05) is 6.04 Å². The van der Waals surface area contributed by atoms with Gasteiger partial charge in [0.15, 0.2) is 0 Å². The van der Waals surface area contributed by atoms with Crippen LogP contribution >= 0.6 is 0 Å². The number of ether oxygens (including phenoxy) is 1. The van der Waals surface area contributed by atoms with Gasteiger partial charge in [0.1, 0.15) is 12.1 Å². The van der Waals surface area contributed by atoms with E-state index in [2.05, 4.69) is 0 Å². The van der Waals surface area contributed by atoms with E-state index in [1.165, 1.54) is 4.90 Å². The first-order chi connectivity index (χ1) is 10.9. The highest BCUT2D eigenvalue weighted by molar-refractivity contribution is 5.83. The summed E-state index contributed by atoms with van der Waals surface area (Å²) >= 11 is 0. The highest BCUT2D eigenvalue weighted by atomic mass is 16.6. The Hall–Kier alpha value is -2.04. The third-order valence-corrected chi connectivity index (χ3v) is 4.47. The molecule has 0 bridgehead atoms. The van der Waals surface area contributed by atoms with E-state index < -0.39 is 17.6 Å². The van der Waals surface area contributed by atoms with Gasteiger partial charge < -0.3 is 9.84 Å². The van der Waals surface area contributed by atoms with Gasteiger partial charge >= 0.3 is 12.1 Å². The standard InChI is InChI=1S/C18H25NO4/c1-18(2,16(20)21)19(15-11-7-4-8-12-15)17(22)23-13-14-9-5-3-6-10-14/h3,5-6,9-10,15H,4,7-8,11-13H2,1-2H3,(H,20,21). The van der Waals surface area contributed by atoms with Crippen LogP contribution in [0.15, 0.2) is 30.3 Å². The molecule has 0 spiro atoms. The number of rotatable bonds is 5. The predicted molar refractivity (Wildman–Crippen MR) is 87.1 cm³/mol. The van der Waals surface area contributed by atoms with Gasteiger partial charge in [-0.2, -0.15) is 0 Å². The minimum atomic E-state index is -1.28. The maximum atomic E-state index is 12.6. The number of aliphatic carboxylic acids is 1. The van der Waals surface area contributed by atoms with Crippen molar-refractivity contribution in [2.45, 2.75) is 64.1 Å². The minimum absolute atomic E-state index is 0.0712. The topological polar surface area (TPSA) is 66.8 Å². The zero-order valence-corrected chi connectivity index (χ0v) is 13.8. The summed E-state index contributed by atoms with van der Waals surface area (Å²) < 4.78 is 5.40. The van der Waals surface area contributed by atoms with E-state index in [-0.39, 0.29) is 12.6 Å². The summed E-state index contributed by atoms with van der Waals surface area (Å²) in [6.07, 6.45) is 4.28. The van der Waals surface area contributed by atoms with Crippen molar-refractivity contribution in [3.63, 3.8) is 0 Å². The second-order valence-corrected chi connectivity index (χ2v) is 6.57. The number of nitrogens with zero attached hydrogens (tertiary/aromatic N) is 1. The van der Waals surface area contributed by atoms with Gasteiger partial charge in [-0.15, -0.1) is 0 Å². The number of hydrogen-bond acceptors (Lipinski definition) is 3. The molecule has 1 aliphatic carbocycles. The minimum Gasteiger partial charge on any atom is -0.480 e. The van der Waals surface area contributed by atoms with E-state index in [0.717, 1.165) is 37.7 Å². The van der Waals surface area contributed by atoms with Crippen LogP contribution in [-0.2, 0) is 16.1 Å².